The normalized spacial score (nSPS) is 20.9. The van der Waals surface area contributed by atoms with E-state index in [4.69, 9.17) is 0 Å². The van der Waals surface area contributed by atoms with Crippen molar-refractivity contribution < 1.29 is 13.5 Å². The Bertz CT molecular complexity index is 310. The molecule has 0 aliphatic carbocycles. The molecule has 1 saturated heterocycles. The third kappa shape index (κ3) is 2.62. The van der Waals surface area contributed by atoms with Crippen LogP contribution in [0.1, 0.15) is 18.0 Å². The van der Waals surface area contributed by atoms with E-state index in [1.54, 1.807) is 6.07 Å². The first-order chi connectivity index (χ1) is 7.25. The first-order valence-corrected chi connectivity index (χ1v) is 4.87. The predicted molar refractivity (Wildman–Crippen MR) is 51.1 cm³/mol. The summed E-state index contributed by atoms with van der Waals surface area (Å²) in [4.78, 5) is 4.12. The van der Waals surface area contributed by atoms with E-state index in [9.17, 15) is 8.78 Å². The second-order valence-corrected chi connectivity index (χ2v) is 3.49. The molecule has 1 aromatic rings. The molecule has 0 amide bonds. The van der Waals surface area contributed by atoms with Crippen LogP contribution in [0, 0.1) is 0 Å². The zero-order chi connectivity index (χ0) is 10.7. The number of alkyl halides is 2. The van der Waals surface area contributed by atoms with Crippen LogP contribution in [0.2, 0.25) is 0 Å². The first-order valence-electron chi connectivity index (χ1n) is 4.87. The van der Waals surface area contributed by atoms with E-state index in [1.165, 1.54) is 12.3 Å². The molecule has 1 aliphatic heterocycles. The van der Waals surface area contributed by atoms with Crippen molar-refractivity contribution in [2.24, 2.45) is 0 Å². The lowest BCUT2D eigenvalue weighted by atomic mass is 10.0. The Balaban J connectivity index is 2.03. The maximum absolute atomic E-state index is 11.9. The molecule has 2 rings (SSSR count). The SMILES string of the molecule is FC(F)Oc1ccc(C2CCNC2)nc1. The summed E-state index contributed by atoms with van der Waals surface area (Å²) in [5.41, 5.74) is 0.932. The number of pyridine rings is 1. The second kappa shape index (κ2) is 4.53. The van der Waals surface area contributed by atoms with Gasteiger partial charge in [-0.25, -0.2) is 0 Å². The Kier molecular flexibility index (Phi) is 3.11. The van der Waals surface area contributed by atoms with Crippen LogP contribution >= 0.6 is 0 Å². The van der Waals surface area contributed by atoms with Gasteiger partial charge in [-0.2, -0.15) is 8.78 Å². The number of rotatable bonds is 3. The van der Waals surface area contributed by atoms with Crippen LogP contribution in [0.15, 0.2) is 18.3 Å². The van der Waals surface area contributed by atoms with Crippen molar-refractivity contribution in [3.63, 3.8) is 0 Å². The summed E-state index contributed by atoms with van der Waals surface area (Å²) in [7, 11) is 0. The van der Waals surface area contributed by atoms with Gasteiger partial charge in [-0.3, -0.25) is 4.98 Å². The number of aromatic nitrogens is 1. The smallest absolute Gasteiger partial charge is 0.387 e. The van der Waals surface area contributed by atoms with Gasteiger partial charge >= 0.3 is 6.61 Å². The van der Waals surface area contributed by atoms with Crippen LogP contribution in [0.3, 0.4) is 0 Å². The lowest BCUT2D eigenvalue weighted by Gasteiger charge is -2.08. The Morgan fingerprint density at radius 1 is 1.47 bits per heavy atom. The minimum absolute atomic E-state index is 0.111. The van der Waals surface area contributed by atoms with Gasteiger partial charge in [-0.15, -0.1) is 0 Å². The van der Waals surface area contributed by atoms with Gasteiger partial charge in [-0.05, 0) is 25.1 Å². The summed E-state index contributed by atoms with van der Waals surface area (Å²) in [5.74, 6) is 0.505. The van der Waals surface area contributed by atoms with Crippen LogP contribution in [0.25, 0.3) is 0 Å². The Morgan fingerprint density at radius 3 is 2.87 bits per heavy atom. The van der Waals surface area contributed by atoms with E-state index >= 15 is 0 Å². The van der Waals surface area contributed by atoms with Crippen LogP contribution in [-0.2, 0) is 0 Å². The topological polar surface area (TPSA) is 34.1 Å². The molecule has 1 atom stereocenters. The molecule has 15 heavy (non-hydrogen) atoms. The standard InChI is InChI=1S/C10H12F2N2O/c11-10(12)15-8-1-2-9(14-6-8)7-3-4-13-5-7/h1-2,6-7,10,13H,3-5H2. The molecule has 3 nitrogen and oxygen atoms in total. The quantitative estimate of drug-likeness (QED) is 0.832. The number of halogens is 2. The molecule has 2 heterocycles. The van der Waals surface area contributed by atoms with Gasteiger partial charge in [0.05, 0.1) is 6.20 Å². The summed E-state index contributed by atoms with van der Waals surface area (Å²) >= 11 is 0. The maximum atomic E-state index is 11.9. The van der Waals surface area contributed by atoms with Crippen molar-refractivity contribution in [1.29, 1.82) is 0 Å². The predicted octanol–water partition coefficient (Wildman–Crippen LogP) is 1.76. The molecule has 1 unspecified atom stereocenters. The van der Waals surface area contributed by atoms with E-state index in [1.807, 2.05) is 0 Å². The van der Waals surface area contributed by atoms with Gasteiger partial charge in [0.1, 0.15) is 5.75 Å². The number of nitrogens with zero attached hydrogens (tertiary/aromatic N) is 1. The zero-order valence-corrected chi connectivity index (χ0v) is 8.12. The fourth-order valence-corrected chi connectivity index (χ4v) is 1.71. The van der Waals surface area contributed by atoms with Crippen molar-refractivity contribution in [1.82, 2.24) is 10.3 Å². The first kappa shape index (κ1) is 10.3. The fourth-order valence-electron chi connectivity index (χ4n) is 1.71. The molecular weight excluding hydrogens is 202 g/mol. The molecule has 0 radical (unpaired) electrons. The third-order valence-electron chi connectivity index (χ3n) is 2.46. The number of ether oxygens (including phenoxy) is 1. The molecule has 1 aliphatic rings. The highest BCUT2D eigenvalue weighted by Crippen LogP contribution is 2.22. The number of nitrogens with one attached hydrogen (secondary N) is 1. The fraction of sp³-hybridized carbons (Fsp3) is 0.500. The lowest BCUT2D eigenvalue weighted by molar-refractivity contribution is -0.0500. The molecular formula is C10H12F2N2O. The molecule has 1 fully saturated rings. The molecule has 0 saturated carbocycles. The summed E-state index contributed by atoms with van der Waals surface area (Å²) < 4.78 is 27.9. The van der Waals surface area contributed by atoms with E-state index in [-0.39, 0.29) is 5.75 Å². The van der Waals surface area contributed by atoms with E-state index in [0.717, 1.165) is 25.2 Å². The van der Waals surface area contributed by atoms with Crippen molar-refractivity contribution in [2.45, 2.75) is 19.0 Å². The average Bonchev–Trinajstić information content (AvgIpc) is 2.71. The van der Waals surface area contributed by atoms with Crippen molar-refractivity contribution in [2.75, 3.05) is 13.1 Å². The highest BCUT2D eigenvalue weighted by Gasteiger charge is 2.17. The van der Waals surface area contributed by atoms with Gasteiger partial charge in [0.15, 0.2) is 0 Å². The number of hydrogen-bond acceptors (Lipinski definition) is 3. The summed E-state index contributed by atoms with van der Waals surface area (Å²) in [6.45, 7) is -0.894. The summed E-state index contributed by atoms with van der Waals surface area (Å²) in [6.07, 6.45) is 2.39. The Hall–Kier alpha value is -1.23. The van der Waals surface area contributed by atoms with Crippen LogP contribution < -0.4 is 10.1 Å². The molecule has 0 bridgehead atoms. The molecule has 0 spiro atoms. The Morgan fingerprint density at radius 2 is 2.33 bits per heavy atom. The van der Waals surface area contributed by atoms with E-state index in [2.05, 4.69) is 15.0 Å². The minimum atomic E-state index is -2.79. The Labute approximate surface area is 86.5 Å². The largest absolute Gasteiger partial charge is 0.433 e. The van der Waals surface area contributed by atoms with Crippen molar-refractivity contribution in [3.05, 3.63) is 24.0 Å². The third-order valence-corrected chi connectivity index (χ3v) is 2.46. The van der Waals surface area contributed by atoms with Crippen LogP contribution in [0.4, 0.5) is 8.78 Å². The highest BCUT2D eigenvalue weighted by atomic mass is 19.3. The van der Waals surface area contributed by atoms with Crippen molar-refractivity contribution >= 4 is 0 Å². The van der Waals surface area contributed by atoms with Crippen LogP contribution in [-0.4, -0.2) is 24.7 Å². The molecule has 5 heteroatoms. The van der Waals surface area contributed by atoms with Crippen molar-refractivity contribution in [3.8, 4) is 5.75 Å². The molecule has 1 aromatic heterocycles. The van der Waals surface area contributed by atoms with Gasteiger partial charge in [0.2, 0.25) is 0 Å². The highest BCUT2D eigenvalue weighted by molar-refractivity contribution is 5.22. The summed E-state index contributed by atoms with van der Waals surface area (Å²) in [6, 6.07) is 3.28. The maximum Gasteiger partial charge on any atom is 0.387 e. The molecule has 82 valence electrons. The van der Waals surface area contributed by atoms with Gasteiger partial charge in [0, 0.05) is 18.2 Å². The average molecular weight is 214 g/mol. The van der Waals surface area contributed by atoms with E-state index < -0.39 is 6.61 Å². The lowest BCUT2D eigenvalue weighted by Crippen LogP contribution is -2.09. The second-order valence-electron chi connectivity index (χ2n) is 3.49. The van der Waals surface area contributed by atoms with E-state index in [0.29, 0.717) is 5.92 Å². The van der Waals surface area contributed by atoms with Gasteiger partial charge < -0.3 is 10.1 Å². The molecule has 0 aromatic carbocycles. The van der Waals surface area contributed by atoms with Crippen LogP contribution in [0.5, 0.6) is 5.75 Å². The monoisotopic (exact) mass is 214 g/mol. The summed E-state index contributed by atoms with van der Waals surface area (Å²) in [5, 5.41) is 3.23. The van der Waals surface area contributed by atoms with Gasteiger partial charge in [0.25, 0.3) is 0 Å². The number of hydrogen-bond donors (Lipinski definition) is 1. The minimum Gasteiger partial charge on any atom is -0.433 e. The molecule has 1 N–H and O–H groups in total. The zero-order valence-electron chi connectivity index (χ0n) is 8.12. The van der Waals surface area contributed by atoms with Gasteiger partial charge in [-0.1, -0.05) is 0 Å².